The van der Waals surface area contributed by atoms with Gasteiger partial charge in [-0.1, -0.05) is 34.4 Å². The molecule has 0 saturated heterocycles. The zero-order valence-corrected chi connectivity index (χ0v) is 14.1. The van der Waals surface area contributed by atoms with Gasteiger partial charge in [0.2, 0.25) is 11.8 Å². The number of carbonyl (C=O) groups excluding carboxylic acids is 2. The monoisotopic (exact) mass is 355 g/mol. The second kappa shape index (κ2) is 7.48. The van der Waals surface area contributed by atoms with E-state index < -0.39 is 0 Å². The molecule has 1 N–H and O–H groups in total. The van der Waals surface area contributed by atoms with Gasteiger partial charge in [0, 0.05) is 23.2 Å². The van der Waals surface area contributed by atoms with Gasteiger partial charge in [0.25, 0.3) is 0 Å². The number of halogens is 2. The number of amides is 2. The number of hydrogen-bond acceptors (Lipinski definition) is 4. The van der Waals surface area contributed by atoms with Crippen LogP contribution in [0.25, 0.3) is 0 Å². The predicted octanol–water partition coefficient (Wildman–Crippen LogP) is 2.93. The largest absolute Gasteiger partial charge is 0.360 e. The number of nitrogens with zero attached hydrogens (tertiary/aromatic N) is 2. The molecule has 0 aliphatic heterocycles. The van der Waals surface area contributed by atoms with Crippen molar-refractivity contribution in [3.63, 3.8) is 0 Å². The molecular formula is C15H15Cl2N3O3. The molecule has 2 amide bonds. The standard InChI is InChI=1S/C15H15Cl2N3O3/c1-9-6-13(19-23-9)18-14(21)8-20(2)15(22)7-10-11(16)4-3-5-12(10)17/h3-6H,7-8H2,1-2H3,(H,18,19,21). The van der Waals surface area contributed by atoms with E-state index in [0.717, 1.165) is 0 Å². The second-order valence-electron chi connectivity index (χ2n) is 5.00. The fourth-order valence-corrected chi connectivity index (χ4v) is 2.43. The van der Waals surface area contributed by atoms with Gasteiger partial charge < -0.3 is 14.7 Å². The minimum atomic E-state index is -0.376. The molecule has 2 rings (SSSR count). The Labute approximate surface area is 143 Å². The van der Waals surface area contributed by atoms with Crippen molar-refractivity contribution in [2.45, 2.75) is 13.3 Å². The minimum absolute atomic E-state index is 0.0192. The summed E-state index contributed by atoms with van der Waals surface area (Å²) in [4.78, 5) is 25.4. The first kappa shape index (κ1) is 17.3. The molecule has 0 atom stereocenters. The SMILES string of the molecule is Cc1cc(NC(=O)CN(C)C(=O)Cc2c(Cl)cccc2Cl)no1. The summed E-state index contributed by atoms with van der Waals surface area (Å²) >= 11 is 12.1. The zero-order chi connectivity index (χ0) is 17.0. The lowest BCUT2D eigenvalue weighted by molar-refractivity contribution is -0.132. The molecule has 0 aliphatic rings. The molecule has 0 bridgehead atoms. The molecule has 0 aliphatic carbocycles. The molecule has 1 heterocycles. The van der Waals surface area contributed by atoms with E-state index >= 15 is 0 Å². The number of benzene rings is 1. The van der Waals surface area contributed by atoms with Crippen LogP contribution in [0, 0.1) is 6.92 Å². The highest BCUT2D eigenvalue weighted by molar-refractivity contribution is 6.36. The van der Waals surface area contributed by atoms with Crippen LogP contribution in [-0.2, 0) is 16.0 Å². The molecule has 1 aromatic carbocycles. The van der Waals surface area contributed by atoms with Gasteiger partial charge >= 0.3 is 0 Å². The van der Waals surface area contributed by atoms with E-state index in [9.17, 15) is 9.59 Å². The van der Waals surface area contributed by atoms with Gasteiger partial charge in [-0.25, -0.2) is 0 Å². The van der Waals surface area contributed by atoms with Gasteiger partial charge in [-0.3, -0.25) is 9.59 Å². The van der Waals surface area contributed by atoms with Gasteiger partial charge in [-0.15, -0.1) is 0 Å². The van der Waals surface area contributed by atoms with Crippen molar-refractivity contribution >= 4 is 40.8 Å². The van der Waals surface area contributed by atoms with Crippen molar-refractivity contribution in [1.29, 1.82) is 0 Å². The highest BCUT2D eigenvalue weighted by atomic mass is 35.5. The fourth-order valence-electron chi connectivity index (χ4n) is 1.90. The predicted molar refractivity (Wildman–Crippen MR) is 87.7 cm³/mol. The van der Waals surface area contributed by atoms with Crippen molar-refractivity contribution in [1.82, 2.24) is 10.1 Å². The smallest absolute Gasteiger partial charge is 0.245 e. The number of hydrogen-bond donors (Lipinski definition) is 1. The van der Waals surface area contributed by atoms with Crippen LogP contribution >= 0.6 is 23.2 Å². The third-order valence-corrected chi connectivity index (χ3v) is 3.80. The Morgan fingerprint density at radius 3 is 2.52 bits per heavy atom. The summed E-state index contributed by atoms with van der Waals surface area (Å²) in [5.74, 6) is 0.242. The molecule has 0 spiro atoms. The first-order valence-corrected chi connectivity index (χ1v) is 7.52. The number of aryl methyl sites for hydroxylation is 1. The number of carbonyl (C=O) groups is 2. The summed E-state index contributed by atoms with van der Waals surface area (Å²) in [7, 11) is 1.53. The summed E-state index contributed by atoms with van der Waals surface area (Å²) in [5.41, 5.74) is 0.542. The zero-order valence-electron chi connectivity index (χ0n) is 12.6. The van der Waals surface area contributed by atoms with Gasteiger partial charge in [-0.05, 0) is 24.6 Å². The molecule has 0 radical (unpaired) electrons. The first-order chi connectivity index (χ1) is 10.9. The lowest BCUT2D eigenvalue weighted by Gasteiger charge is -2.17. The normalized spacial score (nSPS) is 10.4. The molecule has 122 valence electrons. The van der Waals surface area contributed by atoms with Crippen molar-refractivity contribution in [3.8, 4) is 0 Å². The van der Waals surface area contributed by atoms with E-state index in [4.69, 9.17) is 27.7 Å². The Morgan fingerprint density at radius 2 is 1.96 bits per heavy atom. The Morgan fingerprint density at radius 1 is 1.30 bits per heavy atom. The van der Waals surface area contributed by atoms with E-state index in [-0.39, 0.29) is 24.8 Å². The van der Waals surface area contributed by atoms with Gasteiger partial charge in [0.15, 0.2) is 5.82 Å². The maximum atomic E-state index is 12.2. The third-order valence-electron chi connectivity index (χ3n) is 3.09. The quantitative estimate of drug-likeness (QED) is 0.894. The highest BCUT2D eigenvalue weighted by Gasteiger charge is 2.17. The number of aromatic nitrogens is 1. The lowest BCUT2D eigenvalue weighted by atomic mass is 10.1. The summed E-state index contributed by atoms with van der Waals surface area (Å²) in [5, 5.41) is 7.04. The molecule has 2 aromatic rings. The maximum absolute atomic E-state index is 12.2. The molecule has 6 nitrogen and oxygen atoms in total. The van der Waals surface area contributed by atoms with Crippen LogP contribution in [0.3, 0.4) is 0 Å². The average Bonchev–Trinajstić information content (AvgIpc) is 2.87. The van der Waals surface area contributed by atoms with Crippen LogP contribution in [0.4, 0.5) is 5.82 Å². The molecular weight excluding hydrogens is 341 g/mol. The van der Waals surface area contributed by atoms with E-state index in [2.05, 4.69) is 10.5 Å². The van der Waals surface area contributed by atoms with Crippen molar-refractivity contribution in [2.24, 2.45) is 0 Å². The highest BCUT2D eigenvalue weighted by Crippen LogP contribution is 2.25. The number of likely N-dealkylation sites (N-methyl/N-ethyl adjacent to an activating group) is 1. The van der Waals surface area contributed by atoms with Crippen molar-refractivity contribution < 1.29 is 14.1 Å². The Kier molecular flexibility index (Phi) is 5.63. The molecule has 8 heteroatoms. The first-order valence-electron chi connectivity index (χ1n) is 6.77. The van der Waals surface area contributed by atoms with E-state index in [1.807, 2.05) is 0 Å². The summed E-state index contributed by atoms with van der Waals surface area (Å²) in [6.45, 7) is 1.60. The number of rotatable bonds is 5. The van der Waals surface area contributed by atoms with E-state index in [0.29, 0.717) is 27.2 Å². The van der Waals surface area contributed by atoms with Gasteiger partial charge in [0.05, 0.1) is 13.0 Å². The van der Waals surface area contributed by atoms with Crippen molar-refractivity contribution in [2.75, 3.05) is 18.9 Å². The second-order valence-corrected chi connectivity index (χ2v) is 5.81. The van der Waals surface area contributed by atoms with Crippen LogP contribution in [-0.4, -0.2) is 35.5 Å². The number of anilines is 1. The van der Waals surface area contributed by atoms with Crippen LogP contribution < -0.4 is 5.32 Å². The van der Waals surface area contributed by atoms with Gasteiger partial charge in [-0.2, -0.15) is 0 Å². The molecule has 0 saturated carbocycles. The molecule has 0 fully saturated rings. The minimum Gasteiger partial charge on any atom is -0.360 e. The topological polar surface area (TPSA) is 75.4 Å². The Balaban J connectivity index is 1.93. The van der Waals surface area contributed by atoms with Crippen LogP contribution in [0.2, 0.25) is 10.0 Å². The summed E-state index contributed by atoms with van der Waals surface area (Å²) in [6.07, 6.45) is 0.0192. The van der Waals surface area contributed by atoms with Crippen LogP contribution in [0.15, 0.2) is 28.8 Å². The maximum Gasteiger partial charge on any atom is 0.245 e. The molecule has 0 unspecified atom stereocenters. The third kappa shape index (κ3) is 4.71. The molecule has 1 aromatic heterocycles. The van der Waals surface area contributed by atoms with E-state index in [1.165, 1.54) is 11.9 Å². The molecule has 23 heavy (non-hydrogen) atoms. The van der Waals surface area contributed by atoms with Crippen LogP contribution in [0.1, 0.15) is 11.3 Å². The Hall–Kier alpha value is -2.05. The fraction of sp³-hybridized carbons (Fsp3) is 0.267. The van der Waals surface area contributed by atoms with Gasteiger partial charge in [0.1, 0.15) is 5.76 Å². The van der Waals surface area contributed by atoms with Crippen LogP contribution in [0.5, 0.6) is 0 Å². The average molecular weight is 356 g/mol. The Bertz CT molecular complexity index is 710. The number of nitrogens with one attached hydrogen (secondary N) is 1. The lowest BCUT2D eigenvalue weighted by Crippen LogP contribution is -2.36. The van der Waals surface area contributed by atoms with Crippen molar-refractivity contribution in [3.05, 3.63) is 45.6 Å². The van der Waals surface area contributed by atoms with E-state index in [1.54, 1.807) is 31.2 Å². The summed E-state index contributed by atoms with van der Waals surface area (Å²) in [6, 6.07) is 6.62. The summed E-state index contributed by atoms with van der Waals surface area (Å²) < 4.78 is 4.85.